The van der Waals surface area contributed by atoms with Crippen molar-refractivity contribution in [2.45, 2.75) is 75.9 Å². The average Bonchev–Trinajstić information content (AvgIpc) is 2.92. The van der Waals surface area contributed by atoms with E-state index in [0.29, 0.717) is 12.0 Å². The van der Waals surface area contributed by atoms with E-state index in [1.807, 2.05) is 18.9 Å². The van der Waals surface area contributed by atoms with Gasteiger partial charge in [-0.15, -0.1) is 5.10 Å². The van der Waals surface area contributed by atoms with Crippen molar-refractivity contribution in [1.82, 2.24) is 25.1 Å². The third kappa shape index (κ3) is 4.44. The van der Waals surface area contributed by atoms with Gasteiger partial charge in [-0.3, -0.25) is 4.79 Å². The number of thioether (sulfide) groups is 1. The Kier molecular flexibility index (Phi) is 6.23. The van der Waals surface area contributed by atoms with E-state index in [9.17, 15) is 4.79 Å². The summed E-state index contributed by atoms with van der Waals surface area (Å²) in [4.78, 5) is 14.6. The quantitative estimate of drug-likeness (QED) is 0.752. The van der Waals surface area contributed by atoms with E-state index in [1.165, 1.54) is 31.0 Å². The highest BCUT2D eigenvalue weighted by Crippen LogP contribution is 2.26. The van der Waals surface area contributed by atoms with E-state index in [2.05, 4.69) is 29.4 Å². The van der Waals surface area contributed by atoms with Crippen LogP contribution < -0.4 is 0 Å². The Morgan fingerprint density at radius 1 is 1.32 bits per heavy atom. The van der Waals surface area contributed by atoms with Gasteiger partial charge in [0.1, 0.15) is 0 Å². The Labute approximate surface area is 137 Å². The second-order valence-corrected chi connectivity index (χ2v) is 7.85. The van der Waals surface area contributed by atoms with Crippen LogP contribution in [0, 0.1) is 5.92 Å². The molecular weight excluding hydrogens is 298 g/mol. The second-order valence-electron chi connectivity index (χ2n) is 6.54. The summed E-state index contributed by atoms with van der Waals surface area (Å²) in [5, 5.41) is 12.4. The zero-order chi connectivity index (χ0) is 16.1. The number of carbonyl (C=O) groups is 1. The van der Waals surface area contributed by atoms with Gasteiger partial charge in [0.15, 0.2) is 0 Å². The van der Waals surface area contributed by atoms with Crippen molar-refractivity contribution in [3.05, 3.63) is 0 Å². The van der Waals surface area contributed by atoms with Crippen LogP contribution in [-0.2, 0) is 11.3 Å². The zero-order valence-electron chi connectivity index (χ0n) is 14.0. The number of amides is 1. The maximum atomic E-state index is 12.6. The molecule has 1 aromatic rings. The first-order valence-corrected chi connectivity index (χ1v) is 9.06. The van der Waals surface area contributed by atoms with Gasteiger partial charge in [-0.25, -0.2) is 4.68 Å². The molecular formula is C15H27N5OS. The summed E-state index contributed by atoms with van der Waals surface area (Å²) in [6.07, 6.45) is 6.02. The van der Waals surface area contributed by atoms with Crippen LogP contribution in [0.2, 0.25) is 0 Å². The molecule has 1 amide bonds. The Bertz CT molecular complexity index is 484. The highest BCUT2D eigenvalue weighted by atomic mass is 32.2. The van der Waals surface area contributed by atoms with Crippen molar-refractivity contribution in [1.29, 1.82) is 0 Å². The van der Waals surface area contributed by atoms with E-state index in [-0.39, 0.29) is 11.2 Å². The molecule has 7 heteroatoms. The van der Waals surface area contributed by atoms with Gasteiger partial charge in [-0.05, 0) is 36.1 Å². The first-order chi connectivity index (χ1) is 10.5. The van der Waals surface area contributed by atoms with Crippen molar-refractivity contribution in [3.8, 4) is 0 Å². The number of rotatable bonds is 6. The minimum atomic E-state index is -0.163. The van der Waals surface area contributed by atoms with E-state index < -0.39 is 0 Å². The topological polar surface area (TPSA) is 63.9 Å². The van der Waals surface area contributed by atoms with Gasteiger partial charge in [0, 0.05) is 19.6 Å². The Morgan fingerprint density at radius 3 is 2.64 bits per heavy atom. The Morgan fingerprint density at radius 2 is 2.00 bits per heavy atom. The maximum Gasteiger partial charge on any atom is 0.235 e. The first-order valence-electron chi connectivity index (χ1n) is 8.18. The van der Waals surface area contributed by atoms with Crippen LogP contribution in [-0.4, -0.2) is 49.4 Å². The van der Waals surface area contributed by atoms with E-state index >= 15 is 0 Å². The maximum absolute atomic E-state index is 12.6. The van der Waals surface area contributed by atoms with Crippen molar-refractivity contribution in [2.75, 3.05) is 7.05 Å². The highest BCUT2D eigenvalue weighted by Gasteiger charge is 2.27. The van der Waals surface area contributed by atoms with Gasteiger partial charge in [0.25, 0.3) is 0 Å². The predicted octanol–water partition coefficient (Wildman–Crippen LogP) is 2.60. The van der Waals surface area contributed by atoms with Gasteiger partial charge < -0.3 is 4.90 Å². The van der Waals surface area contributed by atoms with Crippen LogP contribution in [0.15, 0.2) is 5.16 Å². The number of carbonyl (C=O) groups excluding carboxylic acids is 1. The van der Waals surface area contributed by atoms with E-state index in [1.54, 1.807) is 4.68 Å². The molecule has 0 bridgehead atoms. The number of tetrazole rings is 1. The van der Waals surface area contributed by atoms with Crippen molar-refractivity contribution in [3.63, 3.8) is 0 Å². The predicted molar refractivity (Wildman–Crippen MR) is 87.6 cm³/mol. The Hall–Kier alpha value is -1.11. The molecule has 0 spiro atoms. The molecule has 124 valence electrons. The summed E-state index contributed by atoms with van der Waals surface area (Å²) < 4.78 is 1.79. The molecule has 1 aliphatic rings. The number of hydrogen-bond acceptors (Lipinski definition) is 5. The summed E-state index contributed by atoms with van der Waals surface area (Å²) in [6, 6.07) is 0.399. The molecule has 1 aromatic heterocycles. The van der Waals surface area contributed by atoms with Gasteiger partial charge in [-0.2, -0.15) is 0 Å². The highest BCUT2D eigenvalue weighted by molar-refractivity contribution is 8.00. The monoisotopic (exact) mass is 325 g/mol. The number of nitrogens with zero attached hydrogens (tertiary/aromatic N) is 5. The fourth-order valence-electron chi connectivity index (χ4n) is 2.88. The minimum absolute atomic E-state index is 0.163. The lowest BCUT2D eigenvalue weighted by atomic mass is 9.94. The summed E-state index contributed by atoms with van der Waals surface area (Å²) in [5.74, 6) is 0.648. The second kappa shape index (κ2) is 7.94. The molecule has 1 unspecified atom stereocenters. The van der Waals surface area contributed by atoms with E-state index in [4.69, 9.17) is 0 Å². The SMILES string of the molecule is CC(C)Cn1nnnc1SC(C)C(=O)N(C)C1CCCCC1. The largest absolute Gasteiger partial charge is 0.342 e. The zero-order valence-corrected chi connectivity index (χ0v) is 14.8. The summed E-state index contributed by atoms with van der Waals surface area (Å²) >= 11 is 1.45. The first kappa shape index (κ1) is 17.2. The molecule has 1 atom stereocenters. The third-order valence-electron chi connectivity index (χ3n) is 4.14. The normalized spacial score (nSPS) is 17.7. The molecule has 0 radical (unpaired) electrons. The van der Waals surface area contributed by atoms with Crippen molar-refractivity contribution in [2.24, 2.45) is 5.92 Å². The van der Waals surface area contributed by atoms with Crippen LogP contribution in [0.3, 0.4) is 0 Å². The van der Waals surface area contributed by atoms with Gasteiger partial charge in [0.05, 0.1) is 5.25 Å². The molecule has 1 heterocycles. The summed E-state index contributed by atoms with van der Waals surface area (Å²) in [5.41, 5.74) is 0. The average molecular weight is 325 g/mol. The fourth-order valence-corrected chi connectivity index (χ4v) is 3.78. The lowest BCUT2D eigenvalue weighted by Gasteiger charge is -2.32. The summed E-state index contributed by atoms with van der Waals surface area (Å²) in [7, 11) is 1.94. The lowest BCUT2D eigenvalue weighted by Crippen LogP contribution is -2.42. The molecule has 6 nitrogen and oxygen atoms in total. The van der Waals surface area contributed by atoms with Gasteiger partial charge >= 0.3 is 0 Å². The van der Waals surface area contributed by atoms with Crippen LogP contribution in [0.4, 0.5) is 0 Å². The number of aromatic nitrogens is 4. The van der Waals surface area contributed by atoms with Gasteiger partial charge in [-0.1, -0.05) is 44.9 Å². The molecule has 1 fully saturated rings. The van der Waals surface area contributed by atoms with Crippen LogP contribution >= 0.6 is 11.8 Å². The molecule has 22 heavy (non-hydrogen) atoms. The molecule has 0 N–H and O–H groups in total. The fraction of sp³-hybridized carbons (Fsp3) is 0.867. The smallest absolute Gasteiger partial charge is 0.235 e. The van der Waals surface area contributed by atoms with Crippen LogP contribution in [0.25, 0.3) is 0 Å². The standard InChI is InChI=1S/C15H27N5OS/c1-11(2)10-20-15(16-17-18-20)22-12(3)14(21)19(4)13-8-6-5-7-9-13/h11-13H,5-10H2,1-4H3. The molecule has 1 aliphatic carbocycles. The summed E-state index contributed by atoms with van der Waals surface area (Å²) in [6.45, 7) is 6.97. The molecule has 1 saturated carbocycles. The minimum Gasteiger partial charge on any atom is -0.342 e. The molecule has 0 saturated heterocycles. The van der Waals surface area contributed by atoms with Crippen molar-refractivity contribution >= 4 is 17.7 Å². The molecule has 2 rings (SSSR count). The van der Waals surface area contributed by atoms with Gasteiger partial charge in [0.2, 0.25) is 11.1 Å². The van der Waals surface area contributed by atoms with Crippen LogP contribution in [0.1, 0.15) is 52.9 Å². The van der Waals surface area contributed by atoms with E-state index in [0.717, 1.165) is 24.5 Å². The third-order valence-corrected chi connectivity index (χ3v) is 5.20. The molecule has 0 aromatic carbocycles. The van der Waals surface area contributed by atoms with Crippen LogP contribution in [0.5, 0.6) is 0 Å². The lowest BCUT2D eigenvalue weighted by molar-refractivity contribution is -0.131. The Balaban J connectivity index is 1.94. The van der Waals surface area contributed by atoms with Crippen molar-refractivity contribution < 1.29 is 4.79 Å². The number of hydrogen-bond donors (Lipinski definition) is 0. The molecule has 0 aliphatic heterocycles.